The van der Waals surface area contributed by atoms with Gasteiger partial charge in [0.15, 0.2) is 0 Å². The lowest BCUT2D eigenvalue weighted by Gasteiger charge is -2.37. The van der Waals surface area contributed by atoms with Gasteiger partial charge in [0.1, 0.15) is 0 Å². The molecule has 1 aromatic carbocycles. The third-order valence-electron chi connectivity index (χ3n) is 4.01. The van der Waals surface area contributed by atoms with Gasteiger partial charge >= 0.3 is 0 Å². The van der Waals surface area contributed by atoms with Crippen LogP contribution in [0.5, 0.6) is 0 Å². The number of hydrogen-bond acceptors (Lipinski definition) is 4. The Kier molecular flexibility index (Phi) is 2.82. The molecule has 2 aromatic rings. The highest BCUT2D eigenvalue weighted by atomic mass is 16.3. The molecule has 0 spiro atoms. The van der Waals surface area contributed by atoms with E-state index in [0.29, 0.717) is 0 Å². The van der Waals surface area contributed by atoms with E-state index in [1.165, 1.54) is 5.69 Å². The van der Waals surface area contributed by atoms with E-state index < -0.39 is 5.60 Å². The van der Waals surface area contributed by atoms with Crippen molar-refractivity contribution in [3.63, 3.8) is 0 Å². The number of nitrogen functional groups attached to an aromatic ring is 1. The monoisotopic (exact) mass is 257 g/mol. The highest BCUT2D eigenvalue weighted by molar-refractivity contribution is 6.00. The van der Waals surface area contributed by atoms with Crippen molar-refractivity contribution in [2.75, 3.05) is 23.7 Å². The molecule has 1 fully saturated rings. The van der Waals surface area contributed by atoms with Crippen LogP contribution in [-0.2, 0) is 0 Å². The first-order valence-corrected chi connectivity index (χ1v) is 6.66. The van der Waals surface area contributed by atoms with Gasteiger partial charge in [-0.1, -0.05) is 0 Å². The quantitative estimate of drug-likeness (QED) is 0.769. The van der Waals surface area contributed by atoms with Crippen LogP contribution in [0.4, 0.5) is 11.4 Å². The fraction of sp³-hybridized carbons (Fsp3) is 0.400. The van der Waals surface area contributed by atoms with Crippen molar-refractivity contribution in [3.8, 4) is 0 Å². The van der Waals surface area contributed by atoms with Crippen molar-refractivity contribution in [2.45, 2.75) is 25.4 Å². The molecule has 4 nitrogen and oxygen atoms in total. The van der Waals surface area contributed by atoms with Crippen LogP contribution in [0, 0.1) is 0 Å². The summed E-state index contributed by atoms with van der Waals surface area (Å²) in [5, 5.41) is 12.2. The topological polar surface area (TPSA) is 62.4 Å². The third-order valence-corrected chi connectivity index (χ3v) is 4.01. The highest BCUT2D eigenvalue weighted by Crippen LogP contribution is 2.33. The zero-order chi connectivity index (χ0) is 13.5. The minimum Gasteiger partial charge on any atom is -0.398 e. The van der Waals surface area contributed by atoms with E-state index in [0.717, 1.165) is 42.4 Å². The zero-order valence-electron chi connectivity index (χ0n) is 11.1. The predicted octanol–water partition coefficient (Wildman–Crippen LogP) is 2.17. The lowest BCUT2D eigenvalue weighted by Crippen LogP contribution is -2.42. The molecule has 3 rings (SSSR count). The lowest BCUT2D eigenvalue weighted by atomic mass is 9.93. The summed E-state index contributed by atoms with van der Waals surface area (Å²) in [6.07, 6.45) is 5.20. The van der Waals surface area contributed by atoms with Gasteiger partial charge in [0.25, 0.3) is 0 Å². The summed E-state index contributed by atoms with van der Waals surface area (Å²) in [6.45, 7) is 3.65. The standard InChI is InChI=1S/C15H19N3O/c1-15(19)5-8-18(9-6-15)14-3-2-13(16)12-10-17-7-4-11(12)14/h2-4,7,10,19H,5-6,8-9,16H2,1H3. The molecule has 0 amide bonds. The van der Waals surface area contributed by atoms with Crippen molar-refractivity contribution < 1.29 is 5.11 Å². The fourth-order valence-electron chi connectivity index (χ4n) is 2.70. The van der Waals surface area contributed by atoms with Crippen LogP contribution in [0.1, 0.15) is 19.8 Å². The first-order chi connectivity index (χ1) is 9.07. The molecule has 0 aliphatic carbocycles. The van der Waals surface area contributed by atoms with Crippen LogP contribution in [0.25, 0.3) is 10.8 Å². The second-order valence-corrected chi connectivity index (χ2v) is 5.58. The van der Waals surface area contributed by atoms with Crippen LogP contribution >= 0.6 is 0 Å². The number of pyridine rings is 1. The Morgan fingerprint density at radius 2 is 1.95 bits per heavy atom. The maximum Gasteiger partial charge on any atom is 0.0653 e. The van der Waals surface area contributed by atoms with Crippen LogP contribution < -0.4 is 10.6 Å². The Bertz CT molecular complexity index is 599. The van der Waals surface area contributed by atoms with E-state index in [1.807, 2.05) is 25.3 Å². The molecule has 2 heterocycles. The van der Waals surface area contributed by atoms with Crippen LogP contribution in [0.3, 0.4) is 0 Å². The third kappa shape index (κ3) is 2.24. The summed E-state index contributed by atoms with van der Waals surface area (Å²) < 4.78 is 0. The molecular weight excluding hydrogens is 238 g/mol. The van der Waals surface area contributed by atoms with Crippen molar-refractivity contribution in [3.05, 3.63) is 30.6 Å². The maximum absolute atomic E-state index is 10.0. The molecule has 0 unspecified atom stereocenters. The molecule has 0 atom stereocenters. The average molecular weight is 257 g/mol. The van der Waals surface area contributed by atoms with Crippen LogP contribution in [-0.4, -0.2) is 28.8 Å². The molecule has 100 valence electrons. The van der Waals surface area contributed by atoms with Gasteiger partial charge in [-0.05, 0) is 38.0 Å². The minimum absolute atomic E-state index is 0.526. The van der Waals surface area contributed by atoms with Crippen molar-refractivity contribution in [1.29, 1.82) is 0 Å². The Labute approximate surface area is 112 Å². The minimum atomic E-state index is -0.526. The largest absolute Gasteiger partial charge is 0.398 e. The molecule has 1 aliphatic rings. The smallest absolute Gasteiger partial charge is 0.0653 e. The number of piperidine rings is 1. The number of nitrogens with two attached hydrogens (primary N) is 1. The van der Waals surface area contributed by atoms with Gasteiger partial charge in [-0.3, -0.25) is 4.98 Å². The summed E-state index contributed by atoms with van der Waals surface area (Å²) in [4.78, 5) is 6.46. The molecule has 1 aliphatic heterocycles. The molecule has 3 N–H and O–H groups in total. The van der Waals surface area contributed by atoms with Crippen molar-refractivity contribution in [2.24, 2.45) is 0 Å². The molecular formula is C15H19N3O. The Hall–Kier alpha value is -1.81. The molecule has 19 heavy (non-hydrogen) atoms. The van der Waals surface area contributed by atoms with Crippen LogP contribution in [0.2, 0.25) is 0 Å². The molecule has 1 aromatic heterocycles. The van der Waals surface area contributed by atoms with Gasteiger partial charge in [-0.25, -0.2) is 0 Å². The van der Waals surface area contributed by atoms with E-state index >= 15 is 0 Å². The van der Waals surface area contributed by atoms with Gasteiger partial charge in [-0.2, -0.15) is 0 Å². The maximum atomic E-state index is 10.0. The van der Waals surface area contributed by atoms with Crippen molar-refractivity contribution >= 4 is 22.1 Å². The molecule has 0 bridgehead atoms. The predicted molar refractivity (Wildman–Crippen MR) is 78.2 cm³/mol. The summed E-state index contributed by atoms with van der Waals surface area (Å²) in [5.41, 5.74) is 7.42. The zero-order valence-corrected chi connectivity index (χ0v) is 11.1. The van der Waals surface area contributed by atoms with E-state index in [2.05, 4.69) is 16.0 Å². The van der Waals surface area contributed by atoms with E-state index in [4.69, 9.17) is 5.73 Å². The SMILES string of the molecule is CC1(O)CCN(c2ccc(N)c3cnccc23)CC1. The number of aliphatic hydroxyl groups is 1. The summed E-state index contributed by atoms with van der Waals surface area (Å²) in [5.74, 6) is 0. The summed E-state index contributed by atoms with van der Waals surface area (Å²) in [7, 11) is 0. The summed E-state index contributed by atoms with van der Waals surface area (Å²) >= 11 is 0. The number of rotatable bonds is 1. The lowest BCUT2D eigenvalue weighted by molar-refractivity contribution is 0.0352. The first-order valence-electron chi connectivity index (χ1n) is 6.66. The van der Waals surface area contributed by atoms with Crippen LogP contribution in [0.15, 0.2) is 30.6 Å². The molecule has 0 saturated carbocycles. The number of anilines is 2. The first kappa shape index (κ1) is 12.2. The Balaban J connectivity index is 2.00. The number of aromatic nitrogens is 1. The molecule has 1 saturated heterocycles. The average Bonchev–Trinajstić information content (AvgIpc) is 2.40. The second kappa shape index (κ2) is 4.38. The second-order valence-electron chi connectivity index (χ2n) is 5.58. The summed E-state index contributed by atoms with van der Waals surface area (Å²) in [6, 6.07) is 6.01. The van der Waals surface area contributed by atoms with Gasteiger partial charge < -0.3 is 15.7 Å². The van der Waals surface area contributed by atoms with Gasteiger partial charge in [0.05, 0.1) is 5.60 Å². The van der Waals surface area contributed by atoms with Gasteiger partial charge in [0.2, 0.25) is 0 Å². The number of benzene rings is 1. The van der Waals surface area contributed by atoms with E-state index in [9.17, 15) is 5.11 Å². The van der Waals surface area contributed by atoms with Gasteiger partial charge in [0, 0.05) is 47.6 Å². The Morgan fingerprint density at radius 3 is 2.68 bits per heavy atom. The van der Waals surface area contributed by atoms with Gasteiger partial charge in [-0.15, -0.1) is 0 Å². The number of nitrogens with zero attached hydrogens (tertiary/aromatic N) is 2. The molecule has 4 heteroatoms. The normalized spacial score (nSPS) is 18.7. The fourth-order valence-corrected chi connectivity index (χ4v) is 2.70. The highest BCUT2D eigenvalue weighted by Gasteiger charge is 2.28. The van der Waals surface area contributed by atoms with E-state index in [-0.39, 0.29) is 0 Å². The Morgan fingerprint density at radius 1 is 1.21 bits per heavy atom. The number of fused-ring (bicyclic) bond motifs is 1. The number of hydrogen-bond donors (Lipinski definition) is 2. The van der Waals surface area contributed by atoms with Crippen molar-refractivity contribution in [1.82, 2.24) is 4.98 Å². The molecule has 0 radical (unpaired) electrons. The van der Waals surface area contributed by atoms with E-state index in [1.54, 1.807) is 6.20 Å².